The van der Waals surface area contributed by atoms with E-state index in [-0.39, 0.29) is 0 Å². The molecule has 5 nitrogen and oxygen atoms in total. The van der Waals surface area contributed by atoms with Crippen molar-refractivity contribution in [3.05, 3.63) is 17.5 Å². The van der Waals surface area contributed by atoms with Gasteiger partial charge in [0.15, 0.2) is 11.7 Å². The van der Waals surface area contributed by atoms with E-state index in [1.807, 2.05) is 24.9 Å². The lowest BCUT2D eigenvalue weighted by atomic mass is 9.95. The van der Waals surface area contributed by atoms with Crippen molar-refractivity contribution in [2.75, 3.05) is 13.3 Å². The predicted octanol–water partition coefficient (Wildman–Crippen LogP) is 2.58. The van der Waals surface area contributed by atoms with Crippen LogP contribution in [-0.4, -0.2) is 35.7 Å². The summed E-state index contributed by atoms with van der Waals surface area (Å²) in [6.45, 7) is 2.69. The number of hydrogen-bond acceptors (Lipinski definition) is 4. The van der Waals surface area contributed by atoms with Gasteiger partial charge in [-0.25, -0.2) is 0 Å². The van der Waals surface area contributed by atoms with E-state index in [9.17, 15) is 0 Å². The van der Waals surface area contributed by atoms with Crippen LogP contribution in [0.1, 0.15) is 44.1 Å². The first-order chi connectivity index (χ1) is 10.2. The Balaban J connectivity index is 1.80. The van der Waals surface area contributed by atoms with Crippen LogP contribution < -0.4 is 10.6 Å². The molecule has 2 unspecified atom stereocenters. The summed E-state index contributed by atoms with van der Waals surface area (Å²) in [6.07, 6.45) is 8.17. The Morgan fingerprint density at radius 3 is 3.05 bits per heavy atom. The Morgan fingerprint density at radius 1 is 1.52 bits per heavy atom. The zero-order chi connectivity index (χ0) is 15.1. The van der Waals surface area contributed by atoms with Crippen LogP contribution in [-0.2, 0) is 13.0 Å². The van der Waals surface area contributed by atoms with Gasteiger partial charge in [-0.1, -0.05) is 18.5 Å². The second-order valence-electron chi connectivity index (χ2n) is 5.43. The van der Waals surface area contributed by atoms with Crippen LogP contribution in [0, 0.1) is 0 Å². The molecule has 0 saturated heterocycles. The van der Waals surface area contributed by atoms with Crippen molar-refractivity contribution < 1.29 is 4.52 Å². The average Bonchev–Trinajstić information content (AvgIpc) is 2.99. The van der Waals surface area contributed by atoms with Gasteiger partial charge in [-0.05, 0) is 31.9 Å². The average molecular weight is 310 g/mol. The fourth-order valence-corrected chi connectivity index (χ4v) is 3.48. The summed E-state index contributed by atoms with van der Waals surface area (Å²) in [5.41, 5.74) is 0.991. The van der Waals surface area contributed by atoms with E-state index in [0.29, 0.717) is 12.6 Å². The van der Waals surface area contributed by atoms with Crippen molar-refractivity contribution >= 4 is 17.7 Å². The smallest absolute Gasteiger partial charge is 0.191 e. The molecule has 0 aliphatic heterocycles. The quantitative estimate of drug-likeness (QED) is 0.646. The highest BCUT2D eigenvalue weighted by Crippen LogP contribution is 2.26. The summed E-state index contributed by atoms with van der Waals surface area (Å²) in [7, 11) is 1.81. The summed E-state index contributed by atoms with van der Waals surface area (Å²) in [5.74, 6) is 1.69. The van der Waals surface area contributed by atoms with Crippen molar-refractivity contribution in [3.8, 4) is 0 Å². The summed E-state index contributed by atoms with van der Waals surface area (Å²) in [5, 5.41) is 11.6. The second-order valence-corrected chi connectivity index (χ2v) is 6.57. The molecule has 1 aliphatic rings. The molecule has 2 N–H and O–H groups in total. The first kappa shape index (κ1) is 16.2. The van der Waals surface area contributed by atoms with E-state index < -0.39 is 0 Å². The molecule has 1 saturated carbocycles. The molecule has 0 radical (unpaired) electrons. The first-order valence-corrected chi connectivity index (χ1v) is 8.98. The number of hydrogen-bond donors (Lipinski definition) is 2. The third-order valence-corrected chi connectivity index (χ3v) is 5.02. The Hall–Kier alpha value is -1.17. The van der Waals surface area contributed by atoms with Gasteiger partial charge in [0.05, 0.1) is 12.2 Å². The summed E-state index contributed by atoms with van der Waals surface area (Å²) in [4.78, 5) is 4.30. The molecule has 1 aromatic heterocycles. The fraction of sp³-hybridized carbons (Fsp3) is 0.733. The van der Waals surface area contributed by atoms with Gasteiger partial charge in [0.1, 0.15) is 0 Å². The molecule has 0 amide bonds. The number of aromatic nitrogens is 1. The number of nitrogens with one attached hydrogen (secondary N) is 2. The number of guanidine groups is 1. The molecule has 1 aromatic rings. The van der Waals surface area contributed by atoms with Crippen LogP contribution in [0.15, 0.2) is 15.6 Å². The second kappa shape index (κ2) is 8.32. The molecular formula is C15H26N4OS. The van der Waals surface area contributed by atoms with Crippen LogP contribution in [0.3, 0.4) is 0 Å². The minimum atomic E-state index is 0.517. The van der Waals surface area contributed by atoms with E-state index in [2.05, 4.69) is 34.0 Å². The molecule has 1 aliphatic carbocycles. The number of nitrogens with zero attached hydrogens (tertiary/aromatic N) is 2. The number of aliphatic imine (C=N–C) groups is 1. The molecule has 118 valence electrons. The van der Waals surface area contributed by atoms with E-state index in [1.165, 1.54) is 25.7 Å². The Morgan fingerprint density at radius 2 is 2.38 bits per heavy atom. The number of thioether (sulfide) groups is 1. The Labute approximate surface area is 131 Å². The lowest BCUT2D eigenvalue weighted by molar-refractivity contribution is 0.373. The van der Waals surface area contributed by atoms with Crippen molar-refractivity contribution in [2.45, 2.75) is 56.9 Å². The van der Waals surface area contributed by atoms with Crippen LogP contribution in [0.2, 0.25) is 0 Å². The molecular weight excluding hydrogens is 284 g/mol. The first-order valence-electron chi connectivity index (χ1n) is 7.69. The van der Waals surface area contributed by atoms with E-state index in [0.717, 1.165) is 29.1 Å². The van der Waals surface area contributed by atoms with Gasteiger partial charge in [-0.15, -0.1) is 0 Å². The van der Waals surface area contributed by atoms with Gasteiger partial charge in [-0.3, -0.25) is 4.99 Å². The normalized spacial score (nSPS) is 23.1. The van der Waals surface area contributed by atoms with Gasteiger partial charge in [0.2, 0.25) is 0 Å². The van der Waals surface area contributed by atoms with Crippen molar-refractivity contribution in [1.82, 2.24) is 15.8 Å². The summed E-state index contributed by atoms with van der Waals surface area (Å²) < 4.78 is 5.28. The van der Waals surface area contributed by atoms with Gasteiger partial charge >= 0.3 is 0 Å². The lowest BCUT2D eigenvalue weighted by Gasteiger charge is -2.29. The minimum Gasteiger partial charge on any atom is -0.359 e. The molecule has 0 aromatic carbocycles. The van der Waals surface area contributed by atoms with Crippen LogP contribution >= 0.6 is 11.8 Å². The Bertz CT molecular complexity index is 460. The fourth-order valence-electron chi connectivity index (χ4n) is 2.65. The zero-order valence-electron chi connectivity index (χ0n) is 13.2. The van der Waals surface area contributed by atoms with Gasteiger partial charge in [-0.2, -0.15) is 11.8 Å². The molecule has 1 heterocycles. The van der Waals surface area contributed by atoms with Crippen LogP contribution in [0.25, 0.3) is 0 Å². The summed E-state index contributed by atoms with van der Waals surface area (Å²) >= 11 is 1.98. The molecule has 0 spiro atoms. The monoisotopic (exact) mass is 310 g/mol. The highest BCUT2D eigenvalue weighted by Gasteiger charge is 2.21. The molecule has 0 bridgehead atoms. The highest BCUT2D eigenvalue weighted by molar-refractivity contribution is 7.99. The molecule has 6 heteroatoms. The largest absolute Gasteiger partial charge is 0.359 e. The summed E-state index contributed by atoms with van der Waals surface area (Å²) in [6, 6.07) is 2.51. The molecule has 21 heavy (non-hydrogen) atoms. The van der Waals surface area contributed by atoms with Crippen LogP contribution in [0.5, 0.6) is 0 Å². The molecule has 1 fully saturated rings. The van der Waals surface area contributed by atoms with Crippen molar-refractivity contribution in [2.24, 2.45) is 4.99 Å². The van der Waals surface area contributed by atoms with E-state index >= 15 is 0 Å². The van der Waals surface area contributed by atoms with Crippen molar-refractivity contribution in [3.63, 3.8) is 0 Å². The van der Waals surface area contributed by atoms with Crippen LogP contribution in [0.4, 0.5) is 0 Å². The van der Waals surface area contributed by atoms with Gasteiger partial charge < -0.3 is 15.2 Å². The standard InChI is InChI=1S/C15H26N4OS/c1-4-11-8-13(20-19-11)10-17-15(16-2)18-12-6-5-7-14(9-12)21-3/h8,12,14H,4-7,9-10H2,1-3H3,(H2,16,17,18). The molecule has 2 rings (SSSR count). The van der Waals surface area contributed by atoms with E-state index in [4.69, 9.17) is 4.52 Å². The van der Waals surface area contributed by atoms with Gasteiger partial charge in [0.25, 0.3) is 0 Å². The third-order valence-electron chi connectivity index (χ3n) is 3.92. The van der Waals surface area contributed by atoms with Crippen molar-refractivity contribution in [1.29, 1.82) is 0 Å². The molecule has 2 atom stereocenters. The predicted molar refractivity (Wildman–Crippen MR) is 88.8 cm³/mol. The van der Waals surface area contributed by atoms with E-state index in [1.54, 1.807) is 0 Å². The van der Waals surface area contributed by atoms with Gasteiger partial charge in [0, 0.05) is 24.4 Å². The lowest BCUT2D eigenvalue weighted by Crippen LogP contribution is -2.45. The topological polar surface area (TPSA) is 62.5 Å². The minimum absolute atomic E-state index is 0.517. The number of aryl methyl sites for hydroxylation is 1. The highest BCUT2D eigenvalue weighted by atomic mass is 32.2. The maximum Gasteiger partial charge on any atom is 0.191 e. The maximum absolute atomic E-state index is 5.28. The maximum atomic E-state index is 5.28. The Kier molecular flexibility index (Phi) is 6.42. The number of rotatable bonds is 5. The third kappa shape index (κ3) is 4.95. The SMILES string of the molecule is CCc1cc(CNC(=NC)NC2CCCC(SC)C2)on1. The zero-order valence-corrected chi connectivity index (χ0v) is 14.0.